The van der Waals surface area contributed by atoms with E-state index in [1.807, 2.05) is 0 Å². The minimum Gasteiger partial charge on any atom is -0.439 e. The predicted molar refractivity (Wildman–Crippen MR) is 72.1 cm³/mol. The maximum atomic E-state index is 5.84. The molecule has 1 aliphatic heterocycles. The molecule has 0 aliphatic carbocycles. The molecule has 0 saturated heterocycles. The van der Waals surface area contributed by atoms with Gasteiger partial charge in [-0.05, 0) is 44.0 Å². The molecule has 0 radical (unpaired) electrons. The summed E-state index contributed by atoms with van der Waals surface area (Å²) in [5.74, 6) is 1.91. The fraction of sp³-hybridized carbons (Fsp3) is 0.400. The Bertz CT molecular complexity index is 488. The molecule has 0 amide bonds. The third-order valence-corrected chi connectivity index (χ3v) is 3.39. The Balaban J connectivity index is 2.61. The highest BCUT2D eigenvalue weighted by molar-refractivity contribution is 5.89. The van der Waals surface area contributed by atoms with E-state index in [2.05, 4.69) is 51.4 Å². The average Bonchev–Trinajstić information content (AvgIpc) is 2.37. The lowest BCUT2D eigenvalue weighted by Crippen LogP contribution is -2.10. The Morgan fingerprint density at radius 1 is 1.29 bits per heavy atom. The quantitative estimate of drug-likeness (QED) is 0.718. The van der Waals surface area contributed by atoms with Gasteiger partial charge < -0.3 is 4.74 Å². The van der Waals surface area contributed by atoms with Crippen molar-refractivity contribution >= 4 is 5.90 Å². The summed E-state index contributed by atoms with van der Waals surface area (Å²) in [5.41, 5.74) is 3.76. The maximum Gasteiger partial charge on any atom is 0.214 e. The van der Waals surface area contributed by atoms with Gasteiger partial charge in [-0.1, -0.05) is 19.6 Å². The van der Waals surface area contributed by atoms with Gasteiger partial charge in [-0.15, -0.1) is 0 Å². The largest absolute Gasteiger partial charge is 0.439 e. The molecule has 90 valence electrons. The van der Waals surface area contributed by atoms with Crippen LogP contribution < -0.4 is 4.74 Å². The van der Waals surface area contributed by atoms with Crippen molar-refractivity contribution in [2.75, 3.05) is 0 Å². The zero-order chi connectivity index (χ0) is 12.6. The molecular formula is C15H19NO. The summed E-state index contributed by atoms with van der Waals surface area (Å²) in [6.45, 7) is 12.3. The molecule has 0 spiro atoms. The van der Waals surface area contributed by atoms with E-state index in [1.165, 1.54) is 16.7 Å². The monoisotopic (exact) mass is 229 g/mol. The molecule has 0 bridgehead atoms. The number of hydrogen-bond acceptors (Lipinski definition) is 2. The van der Waals surface area contributed by atoms with E-state index in [0.717, 1.165) is 5.75 Å². The lowest BCUT2D eigenvalue weighted by atomic mass is 9.89. The highest BCUT2D eigenvalue weighted by atomic mass is 16.5. The van der Waals surface area contributed by atoms with E-state index in [1.54, 1.807) is 6.08 Å². The highest BCUT2D eigenvalue weighted by Crippen LogP contribution is 2.36. The summed E-state index contributed by atoms with van der Waals surface area (Å²) in [4.78, 5) is 4.54. The normalized spacial score (nSPS) is 23.2. The lowest BCUT2D eigenvalue weighted by molar-refractivity contribution is 0.550. The van der Waals surface area contributed by atoms with Gasteiger partial charge in [0, 0.05) is 11.5 Å². The predicted octanol–water partition coefficient (Wildman–Crippen LogP) is 3.77. The highest BCUT2D eigenvalue weighted by Gasteiger charge is 2.24. The molecule has 2 atom stereocenters. The number of aryl methyl sites for hydroxylation is 2. The number of hydrogen-bond donors (Lipinski definition) is 0. The van der Waals surface area contributed by atoms with Crippen LogP contribution in [-0.4, -0.2) is 11.9 Å². The van der Waals surface area contributed by atoms with Crippen molar-refractivity contribution < 1.29 is 4.74 Å². The molecular weight excluding hydrogens is 210 g/mol. The molecule has 2 rings (SSSR count). The van der Waals surface area contributed by atoms with Crippen molar-refractivity contribution in [1.82, 2.24) is 0 Å². The molecule has 1 heterocycles. The fourth-order valence-corrected chi connectivity index (χ4v) is 2.39. The number of nitrogens with zero attached hydrogens (tertiary/aromatic N) is 1. The van der Waals surface area contributed by atoms with Crippen LogP contribution in [0, 0.1) is 13.8 Å². The summed E-state index contributed by atoms with van der Waals surface area (Å²) in [7, 11) is 0. The summed E-state index contributed by atoms with van der Waals surface area (Å²) >= 11 is 0. The Morgan fingerprint density at radius 2 is 2.00 bits per heavy atom. The van der Waals surface area contributed by atoms with Gasteiger partial charge in [0.2, 0.25) is 5.90 Å². The Hall–Kier alpha value is -1.57. The van der Waals surface area contributed by atoms with Gasteiger partial charge >= 0.3 is 0 Å². The van der Waals surface area contributed by atoms with Gasteiger partial charge in [0.1, 0.15) is 5.75 Å². The third kappa shape index (κ3) is 2.12. The number of benzene rings is 1. The van der Waals surface area contributed by atoms with Crippen LogP contribution in [0.3, 0.4) is 0 Å². The van der Waals surface area contributed by atoms with Crippen molar-refractivity contribution in [2.24, 2.45) is 4.99 Å². The second-order valence-corrected chi connectivity index (χ2v) is 4.80. The number of ether oxygens (including phenoxy) is 1. The van der Waals surface area contributed by atoms with Gasteiger partial charge in [0.15, 0.2) is 0 Å². The minimum absolute atomic E-state index is 0.214. The van der Waals surface area contributed by atoms with Crippen molar-refractivity contribution in [3.63, 3.8) is 0 Å². The summed E-state index contributed by atoms with van der Waals surface area (Å²) in [6, 6.07) is 4.49. The molecule has 2 unspecified atom stereocenters. The van der Waals surface area contributed by atoms with Gasteiger partial charge in [-0.25, -0.2) is 4.99 Å². The van der Waals surface area contributed by atoms with E-state index in [0.29, 0.717) is 11.8 Å². The van der Waals surface area contributed by atoms with E-state index in [-0.39, 0.29) is 6.04 Å². The molecule has 0 saturated carbocycles. The van der Waals surface area contributed by atoms with Gasteiger partial charge in [-0.2, -0.15) is 0 Å². The van der Waals surface area contributed by atoms with Gasteiger partial charge in [0.25, 0.3) is 0 Å². The summed E-state index contributed by atoms with van der Waals surface area (Å²) in [6.07, 6.45) is 1.68. The Morgan fingerprint density at radius 3 is 2.65 bits per heavy atom. The van der Waals surface area contributed by atoms with Crippen LogP contribution in [0.25, 0.3) is 0 Å². The molecule has 1 aromatic carbocycles. The maximum absolute atomic E-state index is 5.84. The molecule has 1 aromatic rings. The standard InChI is InChI=1S/C15H19NO/c1-6-14-16-12(5)11(4)15-10(3)7-9(2)8-13(15)17-14/h6-8,11-12H,1H2,2-5H3. The summed E-state index contributed by atoms with van der Waals surface area (Å²) < 4.78 is 5.84. The molecule has 2 nitrogen and oxygen atoms in total. The van der Waals surface area contributed by atoms with Crippen LogP contribution in [0.4, 0.5) is 0 Å². The fourth-order valence-electron chi connectivity index (χ4n) is 2.39. The molecule has 0 N–H and O–H groups in total. The van der Waals surface area contributed by atoms with Crippen LogP contribution in [0.5, 0.6) is 5.75 Å². The van der Waals surface area contributed by atoms with Crippen LogP contribution >= 0.6 is 0 Å². The molecule has 0 aromatic heterocycles. The Labute approximate surface area is 103 Å². The van der Waals surface area contributed by atoms with Gasteiger partial charge in [0.05, 0.1) is 6.04 Å². The number of fused-ring (bicyclic) bond motifs is 1. The van der Waals surface area contributed by atoms with Crippen molar-refractivity contribution in [2.45, 2.75) is 39.7 Å². The first-order chi connectivity index (χ1) is 8.02. The SMILES string of the molecule is C=CC1=NC(C)C(C)c2c(C)cc(C)cc2O1. The van der Waals surface area contributed by atoms with Crippen LogP contribution in [0.2, 0.25) is 0 Å². The zero-order valence-electron chi connectivity index (χ0n) is 10.9. The Kier molecular flexibility index (Phi) is 3.05. The average molecular weight is 229 g/mol. The van der Waals surface area contributed by atoms with Crippen LogP contribution in [-0.2, 0) is 0 Å². The van der Waals surface area contributed by atoms with Crippen molar-refractivity contribution in [1.29, 1.82) is 0 Å². The van der Waals surface area contributed by atoms with Crippen LogP contribution in [0.1, 0.15) is 36.5 Å². The second kappa shape index (κ2) is 4.36. The van der Waals surface area contributed by atoms with E-state index < -0.39 is 0 Å². The smallest absolute Gasteiger partial charge is 0.214 e. The third-order valence-electron chi connectivity index (χ3n) is 3.39. The molecule has 0 fully saturated rings. The first-order valence-electron chi connectivity index (χ1n) is 6.02. The number of aliphatic imine (C=N–C) groups is 1. The minimum atomic E-state index is 0.214. The number of rotatable bonds is 1. The first-order valence-corrected chi connectivity index (χ1v) is 6.02. The second-order valence-electron chi connectivity index (χ2n) is 4.80. The van der Waals surface area contributed by atoms with Crippen LogP contribution in [0.15, 0.2) is 29.8 Å². The molecule has 1 aliphatic rings. The summed E-state index contributed by atoms with van der Waals surface area (Å²) in [5, 5.41) is 0. The van der Waals surface area contributed by atoms with Crippen molar-refractivity contribution in [3.05, 3.63) is 41.5 Å². The topological polar surface area (TPSA) is 21.6 Å². The molecule has 17 heavy (non-hydrogen) atoms. The van der Waals surface area contributed by atoms with E-state index in [9.17, 15) is 0 Å². The lowest BCUT2D eigenvalue weighted by Gasteiger charge is -2.18. The van der Waals surface area contributed by atoms with Gasteiger partial charge in [-0.3, -0.25) is 0 Å². The zero-order valence-corrected chi connectivity index (χ0v) is 10.9. The van der Waals surface area contributed by atoms with E-state index >= 15 is 0 Å². The van der Waals surface area contributed by atoms with E-state index in [4.69, 9.17) is 4.74 Å². The van der Waals surface area contributed by atoms with Crippen molar-refractivity contribution in [3.8, 4) is 5.75 Å². The molecule has 2 heteroatoms. The first kappa shape index (κ1) is 11.9.